The summed E-state index contributed by atoms with van der Waals surface area (Å²) in [6.45, 7) is 0.946. The molecule has 2 spiro atoms. The van der Waals surface area contributed by atoms with Crippen molar-refractivity contribution in [3.8, 4) is 17.5 Å². The smallest absolute Gasteiger partial charge is 0.297 e. The Kier molecular flexibility index (Phi) is 3.48. The minimum atomic E-state index is -0.827. The number of aromatic nitrogens is 3. The Balaban J connectivity index is 0.830. The second-order valence-electron chi connectivity index (χ2n) is 29.7. The molecule has 31 aromatic rings. The van der Waals surface area contributed by atoms with Gasteiger partial charge in [0.1, 0.15) is 0 Å². The Morgan fingerprint density at radius 1 is 0.322 bits per heavy atom. The molecule has 7 heteroatoms. The van der Waals surface area contributed by atoms with E-state index in [0.717, 1.165) is 22.2 Å². The summed E-state index contributed by atoms with van der Waals surface area (Å²) in [5.41, 5.74) is 6.97. The lowest BCUT2D eigenvalue weighted by Crippen LogP contribution is -2.51. The van der Waals surface area contributed by atoms with Crippen molar-refractivity contribution in [2.24, 2.45) is 0 Å². The number of nitrogens with one attached hydrogen (secondary N) is 2. The van der Waals surface area contributed by atoms with E-state index in [1.165, 1.54) is 5.56 Å². The Morgan fingerprint density at radius 3 is 0.816 bits per heavy atom. The van der Waals surface area contributed by atoms with Gasteiger partial charge in [0, 0.05) is 23.7 Å². The second-order valence-corrected chi connectivity index (χ2v) is 29.7. The summed E-state index contributed by atoms with van der Waals surface area (Å²) in [4.78, 5) is 44.4. The van der Waals surface area contributed by atoms with Crippen molar-refractivity contribution >= 4 is 291 Å². The molecular weight excluding hydrogens is 1060 g/mol. The fourth-order valence-corrected chi connectivity index (χ4v) is 27.8. The van der Waals surface area contributed by atoms with Crippen LogP contribution in [-0.2, 0) is 10.8 Å². The molecule has 7 nitrogen and oxygen atoms in total. The topological polar surface area (TPSA) is 91.0 Å². The van der Waals surface area contributed by atoms with Crippen LogP contribution in [0.15, 0.2) is 62.9 Å². The molecule has 87 heavy (non-hydrogen) atoms. The number of hydrogen-bond donors (Lipinski definition) is 2. The number of likely N-dealkylation sites (tertiary alicyclic amines) is 1. The van der Waals surface area contributed by atoms with E-state index in [4.69, 9.17) is 0 Å². The fraction of sp³-hybridized carbons (Fsp3) is 0.0625. The van der Waals surface area contributed by atoms with Crippen molar-refractivity contribution in [1.82, 2.24) is 19.4 Å². The van der Waals surface area contributed by atoms with Crippen molar-refractivity contribution in [2.75, 3.05) is 13.6 Å². The Labute approximate surface area is 474 Å². The van der Waals surface area contributed by atoms with Gasteiger partial charge in [0.25, 0.3) is 0 Å². The van der Waals surface area contributed by atoms with E-state index in [9.17, 15) is 14.4 Å². The molecule has 1 fully saturated rings. The van der Waals surface area contributed by atoms with Crippen LogP contribution in [0.25, 0.3) is 297 Å². The maximum Gasteiger partial charge on any atom is 0.338 e. The molecule has 5 aliphatic rings. The highest BCUT2D eigenvalue weighted by atomic mass is 16.2. The third-order valence-corrected chi connectivity index (χ3v) is 28.5. The van der Waals surface area contributed by atoms with Crippen molar-refractivity contribution in [1.29, 1.82) is 0 Å². The van der Waals surface area contributed by atoms with Gasteiger partial charge in [-0.2, -0.15) is 0 Å². The summed E-state index contributed by atoms with van der Waals surface area (Å²) in [6, 6.07) is 16.5. The third-order valence-electron chi connectivity index (χ3n) is 28.5. The largest absolute Gasteiger partial charge is 0.338 e. The molecule has 1 atom stereocenters. The Hall–Kier alpha value is -11.2. The Morgan fingerprint density at radius 2 is 0.552 bits per heavy atom. The molecule has 4 aliphatic carbocycles. The average Bonchev–Trinajstić information content (AvgIpc) is 1.38. The van der Waals surface area contributed by atoms with Crippen LogP contribution in [0.4, 0.5) is 0 Å². The zero-order valence-corrected chi connectivity index (χ0v) is 44.5. The molecule has 1 unspecified atom stereocenters. The van der Waals surface area contributed by atoms with E-state index in [-0.39, 0.29) is 11.5 Å². The number of hydrogen-bond acceptors (Lipinski definition) is 4. The molecule has 1 saturated heterocycles. The van der Waals surface area contributed by atoms with E-state index in [1.807, 2.05) is 12.1 Å². The van der Waals surface area contributed by atoms with E-state index >= 15 is 0 Å². The first kappa shape index (κ1) is 35.2. The zero-order chi connectivity index (χ0) is 53.5. The predicted octanol–water partition coefficient (Wildman–Crippen LogP) is 16.9. The van der Waals surface area contributed by atoms with Crippen molar-refractivity contribution in [2.45, 2.75) is 16.9 Å². The van der Waals surface area contributed by atoms with Crippen LogP contribution in [0, 0.1) is 11.8 Å². The summed E-state index contributed by atoms with van der Waals surface area (Å²) in [5.74, 6) is 6.93. The van der Waals surface area contributed by atoms with E-state index in [2.05, 4.69) is 58.0 Å². The van der Waals surface area contributed by atoms with Gasteiger partial charge in [0.05, 0.1) is 16.5 Å². The highest BCUT2D eigenvalue weighted by Gasteiger charge is 2.76. The van der Waals surface area contributed by atoms with Gasteiger partial charge in [-0.1, -0.05) is 24.0 Å². The molecule has 30 aromatic carbocycles. The highest BCUT2D eigenvalue weighted by molar-refractivity contribution is 6.82. The van der Waals surface area contributed by atoms with E-state index in [0.29, 0.717) is 5.69 Å². The molecule has 374 valence electrons. The molecule has 36 rings (SSSR count). The summed E-state index contributed by atoms with van der Waals surface area (Å²) in [7, 11) is 2.52. The van der Waals surface area contributed by atoms with Crippen LogP contribution < -0.4 is 17.1 Å². The zero-order valence-electron chi connectivity index (χ0n) is 44.5. The predicted molar refractivity (Wildman–Crippen MR) is 355 cm³/mol. The fourth-order valence-electron chi connectivity index (χ4n) is 27.8. The van der Waals surface area contributed by atoms with Gasteiger partial charge in [-0.05, 0) is 362 Å². The number of benzene rings is 20. The lowest BCUT2D eigenvalue weighted by Gasteiger charge is -2.52. The monoisotopic (exact) mass is 1080 g/mol. The molecular formula is C80H16N4O3. The molecule has 0 saturated carbocycles. The van der Waals surface area contributed by atoms with Gasteiger partial charge in [-0.3, -0.25) is 14.9 Å². The molecule has 0 radical (unpaired) electrons. The molecule has 1 aromatic heterocycles. The van der Waals surface area contributed by atoms with Gasteiger partial charge in [-0.15, -0.1) is 0 Å². The highest BCUT2D eigenvalue weighted by Crippen LogP contribution is 2.87. The first-order chi connectivity index (χ1) is 43.0. The number of nitrogens with zero attached hydrogens (tertiary/aromatic N) is 2. The van der Waals surface area contributed by atoms with Crippen molar-refractivity contribution < 1.29 is 0 Å². The van der Waals surface area contributed by atoms with Gasteiger partial charge < -0.3 is 0 Å². The maximum absolute atomic E-state index is 12.7. The number of likely N-dealkylation sites (N-methyl/N-ethyl adjacent to an activating group) is 1. The van der Waals surface area contributed by atoms with Crippen LogP contribution in [0.3, 0.4) is 0 Å². The SMILES string of the molecule is CN1CC23c4c5c6c7c8c9c(c%10c%11c2c2c4c4c%12c5c5c6c6c8c8c%13c9c9c%10c%10c%11c%11c2c2c4c4c%12c%12c5c5c6c8c6c8c%13c9c9c%10c%10c%11c2c2c4c4c%12c5c6c5c8c9c%10c2c45)C73C1c1ccc(C#Cc2ccc(-n3c(=O)[nH]c(=O)[nH]c3=O)cc2)cc1. The lowest BCUT2D eigenvalue weighted by molar-refractivity contribution is 0.271. The summed E-state index contributed by atoms with van der Waals surface area (Å²) in [5, 5.41) is 87.5. The maximum atomic E-state index is 12.7. The molecule has 0 bridgehead atoms. The first-order valence-electron chi connectivity index (χ1n) is 31.1. The normalized spacial score (nSPS) is 21.3. The molecule has 0 amide bonds. The van der Waals surface area contributed by atoms with Gasteiger partial charge in [0.15, 0.2) is 0 Å². The minimum Gasteiger partial charge on any atom is -0.297 e. The molecule has 2 N–H and O–H groups in total. The first-order valence-corrected chi connectivity index (χ1v) is 31.1. The summed E-state index contributed by atoms with van der Waals surface area (Å²) < 4.78 is 0.925. The molecule has 1 aliphatic heterocycles. The van der Waals surface area contributed by atoms with Gasteiger partial charge >= 0.3 is 17.1 Å². The average molecular weight is 1080 g/mol. The van der Waals surface area contributed by atoms with Crippen molar-refractivity contribution in [3.63, 3.8) is 0 Å². The summed E-state index contributed by atoms with van der Waals surface area (Å²) in [6.07, 6.45) is 0. The quantitative estimate of drug-likeness (QED) is 0.133. The standard InChI is InChI=1S/C80H16N4O3/c1-83-12-79-71-63-55-45-35-27-19-17-18-21-25-23(19)31-39-33(25)43-37-29(21)30-22(18)26-24-20(17)28(27)36-42-32(24)40-34(26)44-38(30)48-47(37)59-53(43)61-51(39)57(49(55)41(31)35)65(71)67(61)73-69(59)70-60(48)54(44)62-52(40)58-50(42)56(46(36)45)64(63)72(79)66(58)68(62)74(70)80(73,79)75(83)15-8-4-13(5-9-15)2-3-14-6-10-16(11-7-14)84-77(86)81-76(85)82-78(84)87/h4-11,75H,12H2,1H3,(H2,81,82,85,86,87). The second kappa shape index (κ2) is 8.60. The van der Waals surface area contributed by atoms with Crippen LogP contribution in [0.5, 0.6) is 0 Å². The number of rotatable bonds is 2. The van der Waals surface area contributed by atoms with Gasteiger partial charge in [0.2, 0.25) is 0 Å². The van der Waals surface area contributed by atoms with Crippen LogP contribution in [0.1, 0.15) is 45.0 Å². The van der Waals surface area contributed by atoms with Crippen LogP contribution in [0.2, 0.25) is 0 Å². The van der Waals surface area contributed by atoms with Gasteiger partial charge in [-0.25, -0.2) is 19.0 Å². The molecule has 2 heterocycles. The van der Waals surface area contributed by atoms with E-state index < -0.39 is 22.5 Å². The third kappa shape index (κ3) is 2.19. The number of H-pyrrole nitrogens is 2. The number of aromatic amines is 2. The Bertz CT molecular complexity index is 8600. The minimum absolute atomic E-state index is 0.0160. The van der Waals surface area contributed by atoms with Crippen LogP contribution >= 0.6 is 0 Å². The van der Waals surface area contributed by atoms with E-state index in [1.54, 1.807) is 325 Å². The van der Waals surface area contributed by atoms with Crippen LogP contribution in [-0.4, -0.2) is 33.0 Å². The summed E-state index contributed by atoms with van der Waals surface area (Å²) >= 11 is 0. The van der Waals surface area contributed by atoms with Crippen molar-refractivity contribution in [3.05, 3.63) is 119 Å². The lowest BCUT2D eigenvalue weighted by atomic mass is 9.47.